The molecule has 4 nitrogen and oxygen atoms in total. The van der Waals surface area contributed by atoms with Gasteiger partial charge in [0.15, 0.2) is 0 Å². The number of rotatable bonds is 13. The van der Waals surface area contributed by atoms with Gasteiger partial charge in [-0.05, 0) is 31.4 Å². The Morgan fingerprint density at radius 1 is 1.23 bits per heavy atom. The number of nitrogens with one attached hydrogen (secondary N) is 2. The van der Waals surface area contributed by atoms with Crippen LogP contribution in [0.5, 0.6) is 0 Å². The Kier molecular flexibility index (Phi) is 13.8. The van der Waals surface area contributed by atoms with Gasteiger partial charge in [-0.1, -0.05) is 45.1 Å². The maximum atomic E-state index is 4.47. The molecule has 4 heteroatoms. The molecule has 1 atom stereocenters. The van der Waals surface area contributed by atoms with E-state index in [4.69, 9.17) is 0 Å². The zero-order chi connectivity index (χ0) is 19.8. The maximum absolute atomic E-state index is 4.47. The van der Waals surface area contributed by atoms with Gasteiger partial charge in [0.05, 0.1) is 5.70 Å². The molecule has 1 unspecified atom stereocenters. The summed E-state index contributed by atoms with van der Waals surface area (Å²) in [4.78, 5) is 6.55. The molecule has 0 aromatic rings. The number of likely N-dealkylation sites (N-methyl/N-ethyl adjacent to an activating group) is 1. The summed E-state index contributed by atoms with van der Waals surface area (Å²) in [6.45, 7) is 11.3. The van der Waals surface area contributed by atoms with E-state index in [1.807, 2.05) is 40.5 Å². The monoisotopic (exact) mass is 358 g/mol. The third-order valence-electron chi connectivity index (χ3n) is 3.87. The van der Waals surface area contributed by atoms with Crippen molar-refractivity contribution in [3.63, 3.8) is 0 Å². The number of nitrogens with zero attached hydrogens (tertiary/aromatic N) is 2. The minimum atomic E-state index is 0.226. The lowest BCUT2D eigenvalue weighted by Crippen LogP contribution is -2.14. The lowest BCUT2D eigenvalue weighted by molar-refractivity contribution is 0.525. The minimum Gasteiger partial charge on any atom is -0.392 e. The second-order valence-electron chi connectivity index (χ2n) is 6.30. The van der Waals surface area contributed by atoms with Gasteiger partial charge in [0.2, 0.25) is 0 Å². The van der Waals surface area contributed by atoms with Gasteiger partial charge >= 0.3 is 0 Å². The zero-order valence-corrected chi connectivity index (χ0v) is 17.5. The molecule has 0 aliphatic carbocycles. The highest BCUT2D eigenvalue weighted by Crippen LogP contribution is 2.19. The van der Waals surface area contributed by atoms with Crippen LogP contribution < -0.4 is 10.6 Å². The van der Waals surface area contributed by atoms with Crippen molar-refractivity contribution < 1.29 is 0 Å². The van der Waals surface area contributed by atoms with Gasteiger partial charge in [-0.2, -0.15) is 0 Å². The van der Waals surface area contributed by atoms with Crippen LogP contribution >= 0.6 is 0 Å². The fraction of sp³-hybridized carbons (Fsp3) is 0.500. The normalized spacial score (nSPS) is 14.4. The molecule has 0 aromatic heterocycles. The average Bonchev–Trinajstić information content (AvgIpc) is 2.61. The second kappa shape index (κ2) is 15.1. The predicted molar refractivity (Wildman–Crippen MR) is 117 cm³/mol. The molecule has 0 heterocycles. The van der Waals surface area contributed by atoms with E-state index in [0.717, 1.165) is 30.8 Å². The lowest BCUT2D eigenvalue weighted by atomic mass is 9.96. The highest BCUT2D eigenvalue weighted by Gasteiger charge is 2.06. The summed E-state index contributed by atoms with van der Waals surface area (Å²) in [6, 6.07) is 0. The van der Waals surface area contributed by atoms with Crippen LogP contribution in [0.25, 0.3) is 0 Å². The zero-order valence-electron chi connectivity index (χ0n) is 17.5. The van der Waals surface area contributed by atoms with Gasteiger partial charge in [0.1, 0.15) is 0 Å². The van der Waals surface area contributed by atoms with Gasteiger partial charge in [-0.25, -0.2) is 0 Å². The van der Waals surface area contributed by atoms with Gasteiger partial charge < -0.3 is 15.5 Å². The smallest absolute Gasteiger partial charge is 0.0517 e. The number of allylic oxidation sites excluding steroid dienone is 6. The summed E-state index contributed by atoms with van der Waals surface area (Å²) < 4.78 is 0. The molecule has 0 amide bonds. The molecule has 0 aromatic carbocycles. The van der Waals surface area contributed by atoms with E-state index < -0.39 is 0 Å². The number of hydrogen-bond acceptors (Lipinski definition) is 4. The van der Waals surface area contributed by atoms with Crippen LogP contribution in [0.1, 0.15) is 40.0 Å². The maximum Gasteiger partial charge on any atom is 0.0517 e. The van der Waals surface area contributed by atoms with Gasteiger partial charge in [0.25, 0.3) is 0 Å². The van der Waals surface area contributed by atoms with E-state index in [0.29, 0.717) is 0 Å². The molecular weight excluding hydrogens is 320 g/mol. The van der Waals surface area contributed by atoms with Crippen molar-refractivity contribution in [1.29, 1.82) is 0 Å². The molecular formula is C22H38N4. The summed E-state index contributed by atoms with van der Waals surface area (Å²) in [5, 5.41) is 6.36. The molecule has 0 radical (unpaired) electrons. The van der Waals surface area contributed by atoms with Crippen LogP contribution in [0.3, 0.4) is 0 Å². The van der Waals surface area contributed by atoms with Crippen LogP contribution in [-0.2, 0) is 0 Å². The summed E-state index contributed by atoms with van der Waals surface area (Å²) >= 11 is 0. The molecule has 0 aliphatic rings. The number of unbranched alkanes of at least 4 members (excludes halogenated alkanes) is 1. The van der Waals surface area contributed by atoms with Crippen LogP contribution in [-0.4, -0.2) is 38.8 Å². The Bertz CT molecular complexity index is 536. The Balaban J connectivity index is 5.16. The highest BCUT2D eigenvalue weighted by atomic mass is 15.1. The number of hydrogen-bond donors (Lipinski definition) is 2. The SMILES string of the molecule is C=C(C=N/C=C(\CC)C(/C=C\C)/C=C\C(=C\NC)N(C)C)NCCCC. The summed E-state index contributed by atoms with van der Waals surface area (Å²) in [7, 11) is 5.99. The molecule has 0 fully saturated rings. The first-order valence-electron chi connectivity index (χ1n) is 9.50. The Hall–Kier alpha value is -2.23. The minimum absolute atomic E-state index is 0.226. The Morgan fingerprint density at radius 3 is 2.50 bits per heavy atom. The highest BCUT2D eigenvalue weighted by molar-refractivity contribution is 5.77. The second-order valence-corrected chi connectivity index (χ2v) is 6.30. The largest absolute Gasteiger partial charge is 0.392 e. The topological polar surface area (TPSA) is 39.7 Å². The van der Waals surface area contributed by atoms with Gasteiger partial charge in [0, 0.05) is 57.9 Å². The van der Waals surface area contributed by atoms with Gasteiger partial charge in [-0.3, -0.25) is 4.99 Å². The van der Waals surface area contributed by atoms with Crippen molar-refractivity contribution >= 4 is 6.21 Å². The average molecular weight is 359 g/mol. The van der Waals surface area contributed by atoms with E-state index in [1.54, 1.807) is 6.21 Å². The van der Waals surface area contributed by atoms with Crippen molar-refractivity contribution in [2.45, 2.75) is 40.0 Å². The Labute approximate surface area is 161 Å². The van der Waals surface area contributed by atoms with Crippen molar-refractivity contribution in [2.24, 2.45) is 10.9 Å². The summed E-state index contributed by atoms with van der Waals surface area (Å²) in [5.41, 5.74) is 3.24. The molecule has 146 valence electrons. The van der Waals surface area contributed by atoms with Crippen molar-refractivity contribution in [1.82, 2.24) is 15.5 Å². The van der Waals surface area contributed by atoms with Crippen molar-refractivity contribution in [2.75, 3.05) is 27.7 Å². The quantitative estimate of drug-likeness (QED) is 0.218. The van der Waals surface area contributed by atoms with Crippen LogP contribution in [0.15, 0.2) is 65.2 Å². The fourth-order valence-electron chi connectivity index (χ4n) is 2.30. The van der Waals surface area contributed by atoms with Crippen LogP contribution in [0.4, 0.5) is 0 Å². The fourth-order valence-corrected chi connectivity index (χ4v) is 2.30. The van der Waals surface area contributed by atoms with E-state index in [-0.39, 0.29) is 5.92 Å². The Morgan fingerprint density at radius 2 is 1.96 bits per heavy atom. The summed E-state index contributed by atoms with van der Waals surface area (Å²) in [5.74, 6) is 0.226. The van der Waals surface area contributed by atoms with E-state index >= 15 is 0 Å². The molecule has 0 aliphatic heterocycles. The lowest BCUT2D eigenvalue weighted by Gasteiger charge is -2.16. The third-order valence-corrected chi connectivity index (χ3v) is 3.87. The first-order valence-corrected chi connectivity index (χ1v) is 9.50. The molecule has 0 saturated carbocycles. The van der Waals surface area contributed by atoms with Crippen molar-refractivity contribution in [3.8, 4) is 0 Å². The first-order chi connectivity index (χ1) is 12.5. The van der Waals surface area contributed by atoms with E-state index in [2.05, 4.69) is 65.3 Å². The molecule has 0 spiro atoms. The first kappa shape index (κ1) is 23.8. The summed E-state index contributed by atoms with van der Waals surface area (Å²) in [6.07, 6.45) is 17.6. The number of aliphatic imine (C=N–C) groups is 1. The third kappa shape index (κ3) is 10.6. The van der Waals surface area contributed by atoms with Crippen LogP contribution in [0, 0.1) is 5.92 Å². The predicted octanol–water partition coefficient (Wildman–Crippen LogP) is 4.63. The standard InChI is InChI=1S/C22H38N4/c1-8-11-15-25-19(4)16-24-17-20(10-3)21(12-9-2)13-14-22(18-23-5)26(6)7/h9,12-14,16-18,21,23,25H,4,8,10-11,15H2,1-3,5-7H3/b12-9-,14-13-,20-17+,22-18-,24-16?. The van der Waals surface area contributed by atoms with E-state index in [9.17, 15) is 0 Å². The van der Waals surface area contributed by atoms with E-state index in [1.165, 1.54) is 12.0 Å². The molecule has 0 bridgehead atoms. The molecule has 0 rings (SSSR count). The molecule has 2 N–H and O–H groups in total. The van der Waals surface area contributed by atoms with Crippen molar-refractivity contribution in [3.05, 3.63) is 60.3 Å². The molecule has 0 saturated heterocycles. The van der Waals surface area contributed by atoms with Gasteiger partial charge in [-0.15, -0.1) is 0 Å². The molecule has 26 heavy (non-hydrogen) atoms. The van der Waals surface area contributed by atoms with Crippen LogP contribution in [0.2, 0.25) is 0 Å².